The van der Waals surface area contributed by atoms with Crippen molar-refractivity contribution in [3.05, 3.63) is 60.9 Å². The molecule has 11 nitrogen and oxygen atoms in total. The predicted octanol–water partition coefficient (Wildman–Crippen LogP) is 2.10. The number of hydrogen-bond donors (Lipinski definition) is 2. The molecule has 13 heteroatoms. The van der Waals surface area contributed by atoms with E-state index in [1.165, 1.54) is 33.1 Å². The number of aryl methyl sites for hydroxylation is 1. The van der Waals surface area contributed by atoms with Crippen molar-refractivity contribution in [1.29, 1.82) is 5.26 Å². The van der Waals surface area contributed by atoms with Crippen molar-refractivity contribution in [2.24, 2.45) is 5.73 Å². The Labute approximate surface area is 207 Å². The van der Waals surface area contributed by atoms with Gasteiger partial charge in [0.25, 0.3) is 5.56 Å². The van der Waals surface area contributed by atoms with E-state index < -0.39 is 41.1 Å². The number of aromatic nitrogens is 2. The number of carboxylic acids is 1. The van der Waals surface area contributed by atoms with Gasteiger partial charge in [-0.15, -0.1) is 11.3 Å². The molecule has 1 aromatic carbocycles. The van der Waals surface area contributed by atoms with Gasteiger partial charge in [0.15, 0.2) is 0 Å². The number of amides is 1. The molecule has 1 amide bonds. The van der Waals surface area contributed by atoms with Crippen LogP contribution >= 0.6 is 11.3 Å². The molecule has 3 aromatic rings. The van der Waals surface area contributed by atoms with E-state index in [2.05, 4.69) is 0 Å². The quantitative estimate of drug-likeness (QED) is 0.385. The fourth-order valence-corrected chi connectivity index (χ4v) is 4.95. The number of primary amides is 1. The number of nitrogens with two attached hydrogens (primary N) is 1. The highest BCUT2D eigenvalue weighted by Gasteiger charge is 2.28. The molecule has 0 radical (unpaired) electrons. The number of nitriles is 1. The lowest BCUT2D eigenvalue weighted by molar-refractivity contribution is -0.120. The van der Waals surface area contributed by atoms with E-state index in [9.17, 15) is 28.7 Å². The van der Waals surface area contributed by atoms with Gasteiger partial charge in [-0.2, -0.15) is 5.26 Å². The van der Waals surface area contributed by atoms with Crippen LogP contribution in [0.1, 0.15) is 46.3 Å². The maximum absolute atomic E-state index is 14.2. The number of carbonyl (C=O) groups is 2. The van der Waals surface area contributed by atoms with E-state index in [-0.39, 0.29) is 51.5 Å². The van der Waals surface area contributed by atoms with Crippen molar-refractivity contribution in [1.82, 2.24) is 9.13 Å². The van der Waals surface area contributed by atoms with Crippen molar-refractivity contribution >= 4 is 33.4 Å². The first-order valence-electron chi connectivity index (χ1n) is 10.7. The summed E-state index contributed by atoms with van der Waals surface area (Å²) < 4.78 is 27.1. The second-order valence-electron chi connectivity index (χ2n) is 7.84. The van der Waals surface area contributed by atoms with Gasteiger partial charge >= 0.3 is 11.7 Å². The summed E-state index contributed by atoms with van der Waals surface area (Å²) in [5, 5.41) is 18.5. The van der Waals surface area contributed by atoms with Crippen LogP contribution in [0.2, 0.25) is 0 Å². The minimum atomic E-state index is -1.34. The lowest BCUT2D eigenvalue weighted by atomic mass is 10.1. The summed E-state index contributed by atoms with van der Waals surface area (Å²) in [6, 6.07) is 4.29. The summed E-state index contributed by atoms with van der Waals surface area (Å²) >= 11 is 0.715. The second kappa shape index (κ2) is 10.7. The largest absolute Gasteiger partial charge is 0.496 e. The number of hydrogen-bond acceptors (Lipinski definition) is 8. The molecule has 0 saturated heterocycles. The smallest absolute Gasteiger partial charge is 0.346 e. The van der Waals surface area contributed by atoms with Crippen LogP contribution in [0.25, 0.3) is 10.2 Å². The highest BCUT2D eigenvalue weighted by molar-refractivity contribution is 7.20. The number of aromatic carboxylic acids is 1. The van der Waals surface area contributed by atoms with Crippen LogP contribution in [0.5, 0.6) is 5.75 Å². The minimum absolute atomic E-state index is 0.00206. The van der Waals surface area contributed by atoms with Crippen molar-refractivity contribution < 1.29 is 28.6 Å². The molecule has 0 saturated carbocycles. The Bertz CT molecular complexity index is 1500. The fourth-order valence-electron chi connectivity index (χ4n) is 3.81. The second-order valence-corrected chi connectivity index (χ2v) is 8.84. The molecule has 2 heterocycles. The standard InChI is InChI=1S/C23H23FN4O7S/c1-11-17-20(30)28(12(2)19(26)29)23(33)27(21(17)36-18(11)22(31)32)10-16(35-8-4-7-25)14-9-13(24)5-6-15(14)34-3/h5-6,9,12,16H,4,8,10H2,1-3H3,(H2,26,29)(H,31,32)/t12-,16+/m1/s1. The average Bonchev–Trinajstić information content (AvgIpc) is 3.18. The van der Waals surface area contributed by atoms with Gasteiger partial charge < -0.3 is 20.3 Å². The molecule has 2 aromatic heterocycles. The van der Waals surface area contributed by atoms with Crippen LogP contribution < -0.4 is 21.7 Å². The molecule has 0 bridgehead atoms. The number of benzene rings is 1. The molecule has 0 fully saturated rings. The van der Waals surface area contributed by atoms with Gasteiger partial charge in [-0.25, -0.2) is 18.5 Å². The van der Waals surface area contributed by atoms with Crippen molar-refractivity contribution in [2.75, 3.05) is 13.7 Å². The highest BCUT2D eigenvalue weighted by Crippen LogP contribution is 2.33. The third kappa shape index (κ3) is 4.86. The lowest BCUT2D eigenvalue weighted by Gasteiger charge is -2.23. The Kier molecular flexibility index (Phi) is 7.91. The van der Waals surface area contributed by atoms with Gasteiger partial charge in [0.05, 0.1) is 38.1 Å². The van der Waals surface area contributed by atoms with Gasteiger partial charge in [-0.05, 0) is 37.6 Å². The Morgan fingerprint density at radius 1 is 1.33 bits per heavy atom. The van der Waals surface area contributed by atoms with Gasteiger partial charge in [0, 0.05) is 5.56 Å². The summed E-state index contributed by atoms with van der Waals surface area (Å²) in [5.41, 5.74) is 3.93. The maximum Gasteiger partial charge on any atom is 0.346 e. The molecule has 0 aliphatic rings. The summed E-state index contributed by atoms with van der Waals surface area (Å²) in [5.74, 6) is -2.60. The van der Waals surface area contributed by atoms with E-state index in [0.717, 1.165) is 10.6 Å². The fraction of sp³-hybridized carbons (Fsp3) is 0.348. The SMILES string of the molecule is COc1ccc(F)cc1[C@H](Cn1c(=O)n([C@H](C)C(N)=O)c(=O)c2c(C)c(C(=O)O)sc21)OCCC#N. The summed E-state index contributed by atoms with van der Waals surface area (Å²) in [4.78, 5) is 50.3. The Morgan fingerprint density at radius 2 is 2.03 bits per heavy atom. The van der Waals surface area contributed by atoms with Crippen molar-refractivity contribution in [3.8, 4) is 11.8 Å². The number of nitrogens with zero attached hydrogens (tertiary/aromatic N) is 3. The summed E-state index contributed by atoms with van der Waals surface area (Å²) in [6.07, 6.45) is -1.05. The number of ether oxygens (including phenoxy) is 2. The number of fused-ring (bicyclic) bond motifs is 1. The number of carboxylic acid groups (broad SMARTS) is 1. The van der Waals surface area contributed by atoms with Crippen molar-refractivity contribution in [2.45, 2.75) is 39.0 Å². The molecular weight excluding hydrogens is 495 g/mol. The number of rotatable bonds is 10. The van der Waals surface area contributed by atoms with Crippen LogP contribution in [0.4, 0.5) is 4.39 Å². The molecule has 3 rings (SSSR count). The first-order valence-corrected chi connectivity index (χ1v) is 11.5. The molecule has 0 aliphatic carbocycles. The van der Waals surface area contributed by atoms with E-state index in [4.69, 9.17) is 20.5 Å². The van der Waals surface area contributed by atoms with Gasteiger partial charge in [-0.1, -0.05) is 0 Å². The van der Waals surface area contributed by atoms with E-state index in [1.54, 1.807) is 0 Å². The van der Waals surface area contributed by atoms with Crippen molar-refractivity contribution in [3.63, 3.8) is 0 Å². The molecule has 0 unspecified atom stereocenters. The molecular formula is C23H23FN4O7S. The Hall–Kier alpha value is -4.02. The van der Waals surface area contributed by atoms with E-state index >= 15 is 0 Å². The number of thiophene rings is 1. The molecule has 2 atom stereocenters. The Morgan fingerprint density at radius 3 is 2.61 bits per heavy atom. The molecule has 190 valence electrons. The average molecular weight is 519 g/mol. The summed E-state index contributed by atoms with van der Waals surface area (Å²) in [7, 11) is 1.37. The normalized spacial score (nSPS) is 12.8. The zero-order valence-electron chi connectivity index (χ0n) is 19.6. The third-order valence-corrected chi connectivity index (χ3v) is 6.96. The van der Waals surface area contributed by atoms with Crippen LogP contribution in [-0.2, 0) is 16.1 Å². The maximum atomic E-state index is 14.2. The summed E-state index contributed by atoms with van der Waals surface area (Å²) in [6.45, 7) is 2.32. The topological polar surface area (TPSA) is 167 Å². The highest BCUT2D eigenvalue weighted by atomic mass is 32.1. The number of carbonyl (C=O) groups excluding carboxylic acids is 1. The van der Waals surface area contributed by atoms with Gasteiger partial charge in [0.1, 0.15) is 33.4 Å². The molecule has 36 heavy (non-hydrogen) atoms. The molecule has 3 N–H and O–H groups in total. The van der Waals surface area contributed by atoms with Gasteiger partial charge in [-0.3, -0.25) is 14.2 Å². The monoisotopic (exact) mass is 518 g/mol. The van der Waals surface area contributed by atoms with Crippen LogP contribution in [0.3, 0.4) is 0 Å². The van der Waals surface area contributed by atoms with Gasteiger partial charge in [0.2, 0.25) is 5.91 Å². The van der Waals surface area contributed by atoms with Crippen LogP contribution in [0, 0.1) is 24.1 Å². The van der Waals surface area contributed by atoms with E-state index in [1.807, 2.05) is 6.07 Å². The number of methoxy groups -OCH3 is 1. The molecule has 0 spiro atoms. The lowest BCUT2D eigenvalue weighted by Crippen LogP contribution is -2.45. The Balaban J connectivity index is 2.34. The first kappa shape index (κ1) is 26.6. The van der Waals surface area contributed by atoms with E-state index in [0.29, 0.717) is 15.9 Å². The third-order valence-electron chi connectivity index (χ3n) is 5.66. The minimum Gasteiger partial charge on any atom is -0.496 e. The zero-order valence-corrected chi connectivity index (χ0v) is 20.4. The van der Waals surface area contributed by atoms with Crippen LogP contribution in [-0.4, -0.2) is 39.8 Å². The van der Waals surface area contributed by atoms with Crippen LogP contribution in [0.15, 0.2) is 27.8 Å². The predicted molar refractivity (Wildman–Crippen MR) is 128 cm³/mol. The zero-order chi connectivity index (χ0) is 26.7. The molecule has 0 aliphatic heterocycles. The number of halogens is 1. The first-order chi connectivity index (χ1) is 17.0.